The maximum Gasteiger partial charge on any atom is 0.309 e. The Morgan fingerprint density at radius 1 is 0.860 bits per heavy atom. The molecule has 0 heterocycles. The number of benzene rings is 1. The summed E-state index contributed by atoms with van der Waals surface area (Å²) in [6.45, 7) is 10.4. The quantitative estimate of drug-likeness (QED) is 0.0526. The summed E-state index contributed by atoms with van der Waals surface area (Å²) in [6, 6.07) is 2.76. The fraction of sp³-hybridized carbons (Fsp3) is 0.750. The number of hydrogen-bond donors (Lipinski definition) is 1. The van der Waals surface area contributed by atoms with Crippen LogP contribution in [-0.4, -0.2) is 63.5 Å². The Bertz CT molecular complexity index is 942. The monoisotopic (exact) mass is 610 g/mol. The van der Waals surface area contributed by atoms with Gasteiger partial charge in [0.05, 0.1) is 56.0 Å². The maximum atomic E-state index is 12.7. The normalized spacial score (nSPS) is 12.4. The summed E-state index contributed by atoms with van der Waals surface area (Å²) in [4.78, 5) is 36.2. The van der Waals surface area contributed by atoms with E-state index in [1.165, 1.54) is 44.9 Å². The highest BCUT2D eigenvalue weighted by atomic mass is 16.6. The molecule has 2 atom stereocenters. The van der Waals surface area contributed by atoms with Crippen LogP contribution in [0.3, 0.4) is 0 Å². The number of carbonyl (C=O) groups is 2. The summed E-state index contributed by atoms with van der Waals surface area (Å²) >= 11 is 0. The second-order valence-corrected chi connectivity index (χ2v) is 10.7. The van der Waals surface area contributed by atoms with Gasteiger partial charge in [0.25, 0.3) is 5.69 Å². The average molecular weight is 611 g/mol. The zero-order chi connectivity index (χ0) is 31.9. The summed E-state index contributed by atoms with van der Waals surface area (Å²) in [5.41, 5.74) is -0.00198. The van der Waals surface area contributed by atoms with Crippen molar-refractivity contribution in [1.82, 2.24) is 5.32 Å². The maximum absolute atomic E-state index is 12.7. The molecule has 11 heteroatoms. The minimum absolute atomic E-state index is 0.139. The molecule has 43 heavy (non-hydrogen) atoms. The second kappa shape index (κ2) is 23.5. The molecule has 0 aliphatic rings. The summed E-state index contributed by atoms with van der Waals surface area (Å²) in [5.74, 6) is -0.346. The lowest BCUT2D eigenvalue weighted by atomic mass is 10.0. The van der Waals surface area contributed by atoms with Gasteiger partial charge >= 0.3 is 5.97 Å². The highest BCUT2D eigenvalue weighted by Gasteiger charge is 2.27. The topological polar surface area (TPSA) is 135 Å². The van der Waals surface area contributed by atoms with E-state index in [9.17, 15) is 19.7 Å². The number of amides is 1. The van der Waals surface area contributed by atoms with E-state index in [1.807, 2.05) is 13.8 Å². The van der Waals surface area contributed by atoms with Crippen molar-refractivity contribution in [3.63, 3.8) is 0 Å². The van der Waals surface area contributed by atoms with E-state index in [-0.39, 0.29) is 53.6 Å². The number of methoxy groups -OCH3 is 1. The molecular formula is C32H54N2O9. The van der Waals surface area contributed by atoms with Gasteiger partial charge in [0.1, 0.15) is 6.10 Å². The van der Waals surface area contributed by atoms with Gasteiger partial charge in [0, 0.05) is 19.6 Å². The predicted octanol–water partition coefficient (Wildman–Crippen LogP) is 6.70. The Labute approximate surface area is 257 Å². The zero-order valence-electron chi connectivity index (χ0n) is 27.0. The molecule has 0 spiro atoms. The Balaban J connectivity index is 2.56. The number of ether oxygens (including phenoxy) is 5. The van der Waals surface area contributed by atoms with Crippen molar-refractivity contribution in [2.45, 2.75) is 104 Å². The molecule has 1 aromatic carbocycles. The van der Waals surface area contributed by atoms with Gasteiger partial charge < -0.3 is 29.0 Å². The molecule has 1 amide bonds. The van der Waals surface area contributed by atoms with E-state index >= 15 is 0 Å². The van der Waals surface area contributed by atoms with Crippen LogP contribution in [0.1, 0.15) is 110 Å². The van der Waals surface area contributed by atoms with Crippen molar-refractivity contribution >= 4 is 17.6 Å². The van der Waals surface area contributed by atoms with Crippen LogP contribution in [0.25, 0.3) is 0 Å². The Morgan fingerprint density at radius 3 is 2.19 bits per heavy atom. The number of hydrogen-bond acceptors (Lipinski definition) is 9. The van der Waals surface area contributed by atoms with Crippen molar-refractivity contribution in [2.24, 2.45) is 5.92 Å². The third-order valence-corrected chi connectivity index (χ3v) is 6.98. The molecular weight excluding hydrogens is 556 g/mol. The first kappa shape index (κ1) is 38.1. The van der Waals surface area contributed by atoms with Crippen LogP contribution in [0.5, 0.6) is 11.5 Å². The van der Waals surface area contributed by atoms with Gasteiger partial charge in [-0.25, -0.2) is 0 Å². The van der Waals surface area contributed by atoms with Gasteiger partial charge in [0.2, 0.25) is 5.91 Å². The molecule has 246 valence electrons. The second-order valence-electron chi connectivity index (χ2n) is 10.7. The van der Waals surface area contributed by atoms with Crippen LogP contribution in [0.15, 0.2) is 12.1 Å². The fourth-order valence-corrected chi connectivity index (χ4v) is 4.43. The first-order valence-electron chi connectivity index (χ1n) is 15.9. The van der Waals surface area contributed by atoms with E-state index < -0.39 is 11.0 Å². The Hall–Kier alpha value is -2.92. The molecule has 1 rings (SSSR count). The van der Waals surface area contributed by atoms with Crippen LogP contribution in [0.2, 0.25) is 0 Å². The van der Waals surface area contributed by atoms with Crippen molar-refractivity contribution in [1.29, 1.82) is 0 Å². The number of nitrogens with zero attached hydrogens (tertiary/aromatic N) is 1. The first-order valence-corrected chi connectivity index (χ1v) is 15.9. The summed E-state index contributed by atoms with van der Waals surface area (Å²) in [6.07, 6.45) is 9.61. The van der Waals surface area contributed by atoms with E-state index in [1.54, 1.807) is 6.92 Å². The van der Waals surface area contributed by atoms with E-state index in [0.29, 0.717) is 39.4 Å². The van der Waals surface area contributed by atoms with E-state index in [2.05, 4.69) is 12.2 Å². The van der Waals surface area contributed by atoms with Gasteiger partial charge in [-0.2, -0.15) is 0 Å². The van der Waals surface area contributed by atoms with Gasteiger partial charge in [-0.1, -0.05) is 65.7 Å². The highest BCUT2D eigenvalue weighted by Crippen LogP contribution is 2.39. The van der Waals surface area contributed by atoms with Gasteiger partial charge in [-0.15, -0.1) is 0 Å². The van der Waals surface area contributed by atoms with Crippen molar-refractivity contribution in [2.75, 3.05) is 46.7 Å². The molecule has 0 bridgehead atoms. The number of carbonyl (C=O) groups excluding carboxylic acids is 2. The fourth-order valence-electron chi connectivity index (χ4n) is 4.43. The Morgan fingerprint density at radius 2 is 1.53 bits per heavy atom. The van der Waals surface area contributed by atoms with Crippen molar-refractivity contribution < 1.29 is 38.2 Å². The van der Waals surface area contributed by atoms with Gasteiger partial charge in [-0.05, 0) is 32.3 Å². The summed E-state index contributed by atoms with van der Waals surface area (Å²) in [7, 11) is 1.43. The average Bonchev–Trinajstić information content (AvgIpc) is 2.99. The lowest BCUT2D eigenvalue weighted by Crippen LogP contribution is -2.27. The highest BCUT2D eigenvalue weighted by molar-refractivity contribution is 5.75. The smallest absolute Gasteiger partial charge is 0.309 e. The van der Waals surface area contributed by atoms with Gasteiger partial charge in [-0.3, -0.25) is 19.7 Å². The van der Waals surface area contributed by atoms with Crippen LogP contribution < -0.4 is 14.8 Å². The van der Waals surface area contributed by atoms with Crippen LogP contribution in [0.4, 0.5) is 5.69 Å². The molecule has 0 saturated heterocycles. The lowest BCUT2D eigenvalue weighted by molar-refractivity contribution is -0.386. The van der Waals surface area contributed by atoms with E-state index in [4.69, 9.17) is 23.7 Å². The molecule has 0 aliphatic heterocycles. The minimum atomic E-state index is -0.844. The SMILES string of the molecule is CCCCCCCCCC(C)C(=O)OC(C)c1cc(OC)c(OCCCC(=O)NCCOCCOCCC)cc1[N+](=O)[O-]. The zero-order valence-corrected chi connectivity index (χ0v) is 27.0. The molecule has 1 N–H and O–H groups in total. The largest absolute Gasteiger partial charge is 0.493 e. The predicted molar refractivity (Wildman–Crippen MR) is 166 cm³/mol. The lowest BCUT2D eigenvalue weighted by Gasteiger charge is -2.19. The standard InChI is InChI=1S/C32H54N2O9/c1-6-8-9-10-11-12-13-15-25(3)32(36)43-26(4)27-23-29(39-5)30(24-28(27)34(37)38)42-19-14-16-31(35)33-17-20-41-22-21-40-18-7-2/h23-26H,6-22H2,1-5H3,(H,33,35). The molecule has 0 aromatic heterocycles. The molecule has 11 nitrogen and oxygen atoms in total. The van der Waals surface area contributed by atoms with Crippen molar-refractivity contribution in [3.8, 4) is 11.5 Å². The van der Waals surface area contributed by atoms with Crippen LogP contribution >= 0.6 is 0 Å². The number of rotatable bonds is 26. The van der Waals surface area contributed by atoms with E-state index in [0.717, 1.165) is 32.1 Å². The molecule has 1 aromatic rings. The third kappa shape index (κ3) is 16.5. The van der Waals surface area contributed by atoms with Crippen LogP contribution in [0, 0.1) is 16.0 Å². The molecule has 2 unspecified atom stereocenters. The minimum Gasteiger partial charge on any atom is -0.493 e. The first-order chi connectivity index (χ1) is 20.7. The number of nitrogens with one attached hydrogen (secondary N) is 1. The number of esters is 1. The van der Waals surface area contributed by atoms with Crippen LogP contribution in [-0.2, 0) is 23.8 Å². The number of nitro groups is 1. The summed E-state index contributed by atoms with van der Waals surface area (Å²) < 4.78 is 27.5. The molecule has 0 fully saturated rings. The number of unbranched alkanes of at least 4 members (excludes halogenated alkanes) is 6. The van der Waals surface area contributed by atoms with Gasteiger partial charge in [0.15, 0.2) is 11.5 Å². The molecule has 0 aliphatic carbocycles. The molecule has 0 saturated carbocycles. The Kier molecular flexibility index (Phi) is 20.8. The summed E-state index contributed by atoms with van der Waals surface area (Å²) in [5, 5.41) is 14.7. The third-order valence-electron chi connectivity index (χ3n) is 6.98. The number of nitro benzene ring substituents is 1. The molecule has 0 radical (unpaired) electrons. The van der Waals surface area contributed by atoms with Crippen molar-refractivity contribution in [3.05, 3.63) is 27.8 Å².